The number of primary amides is 1. The van der Waals surface area contributed by atoms with E-state index in [1.807, 2.05) is 0 Å². The molecule has 6 nitrogen and oxygen atoms in total. The first kappa shape index (κ1) is 19.0. The molecule has 0 heterocycles. The Balaban J connectivity index is 0.000000240. The van der Waals surface area contributed by atoms with Gasteiger partial charge in [-0.25, -0.2) is 4.79 Å². The zero-order valence-electron chi connectivity index (χ0n) is 14.1. The first-order valence-corrected chi connectivity index (χ1v) is 7.13. The molecule has 0 aliphatic carbocycles. The van der Waals surface area contributed by atoms with Gasteiger partial charge in [0.15, 0.2) is 0 Å². The van der Waals surface area contributed by atoms with Crippen molar-refractivity contribution in [1.82, 2.24) is 0 Å². The lowest BCUT2D eigenvalue weighted by molar-refractivity contribution is 0.0695. The maximum Gasteiger partial charge on any atom is 0.336 e. The molecule has 0 aromatic heterocycles. The molecule has 0 unspecified atom stereocenters. The maximum atomic E-state index is 10.9. The summed E-state index contributed by atoms with van der Waals surface area (Å²) < 4.78 is 10.0. The zero-order valence-corrected chi connectivity index (χ0v) is 14.1. The summed E-state index contributed by atoms with van der Waals surface area (Å²) in [6.07, 6.45) is 0. The largest absolute Gasteiger partial charge is 0.496 e. The summed E-state index contributed by atoms with van der Waals surface area (Å²) in [7, 11) is 3.08. The number of carboxylic acid groups (broad SMARTS) is 1. The second-order valence-electron chi connectivity index (χ2n) is 4.94. The molecule has 0 radical (unpaired) electrons. The Hall–Kier alpha value is -3.02. The molecule has 0 aliphatic heterocycles. The number of ether oxygens (including phenoxy) is 2. The molecular formula is C18H21NO5. The van der Waals surface area contributed by atoms with Crippen molar-refractivity contribution < 1.29 is 24.2 Å². The van der Waals surface area contributed by atoms with Crippen molar-refractivity contribution in [3.05, 3.63) is 58.7 Å². The van der Waals surface area contributed by atoms with Crippen molar-refractivity contribution in [1.29, 1.82) is 0 Å². The second-order valence-corrected chi connectivity index (χ2v) is 4.94. The monoisotopic (exact) mass is 331 g/mol. The average Bonchev–Trinajstić information content (AvgIpc) is 2.55. The van der Waals surface area contributed by atoms with Gasteiger partial charge in [0.1, 0.15) is 11.5 Å². The van der Waals surface area contributed by atoms with Gasteiger partial charge in [-0.2, -0.15) is 0 Å². The van der Waals surface area contributed by atoms with Crippen LogP contribution in [-0.2, 0) is 0 Å². The second kappa shape index (κ2) is 8.57. The minimum atomic E-state index is -0.925. The molecule has 0 atom stereocenters. The summed E-state index contributed by atoms with van der Waals surface area (Å²) in [5, 5.41) is 8.73. The molecule has 2 rings (SSSR count). The fraction of sp³-hybridized carbons (Fsp3) is 0.222. The number of carbonyl (C=O) groups excluding carboxylic acids is 1. The molecule has 24 heavy (non-hydrogen) atoms. The maximum absolute atomic E-state index is 10.9. The molecule has 0 saturated heterocycles. The molecule has 3 N–H and O–H groups in total. The molecule has 128 valence electrons. The minimum absolute atomic E-state index is 0.286. The van der Waals surface area contributed by atoms with Gasteiger partial charge in [-0.1, -0.05) is 12.1 Å². The highest BCUT2D eigenvalue weighted by Crippen LogP contribution is 2.21. The normalized spacial score (nSPS) is 9.50. The quantitative estimate of drug-likeness (QED) is 0.897. The molecule has 0 bridgehead atoms. The van der Waals surface area contributed by atoms with Gasteiger partial charge in [0.2, 0.25) is 5.91 Å². The lowest BCUT2D eigenvalue weighted by Gasteiger charge is -2.06. The van der Waals surface area contributed by atoms with E-state index in [1.54, 1.807) is 57.4 Å². The Kier molecular flexibility index (Phi) is 6.79. The lowest BCUT2D eigenvalue weighted by atomic mass is 10.1. The fourth-order valence-electron chi connectivity index (χ4n) is 2.17. The van der Waals surface area contributed by atoms with Crippen LogP contribution in [0.3, 0.4) is 0 Å². The van der Waals surface area contributed by atoms with Crippen LogP contribution >= 0.6 is 0 Å². The van der Waals surface area contributed by atoms with Crippen LogP contribution in [0.15, 0.2) is 36.4 Å². The summed E-state index contributed by atoms with van der Waals surface area (Å²) in [6, 6.07) is 10.2. The van der Waals surface area contributed by atoms with Crippen molar-refractivity contribution in [2.75, 3.05) is 14.2 Å². The van der Waals surface area contributed by atoms with Crippen LogP contribution in [-0.4, -0.2) is 31.2 Å². The van der Waals surface area contributed by atoms with Crippen LogP contribution < -0.4 is 15.2 Å². The summed E-state index contributed by atoms with van der Waals surface area (Å²) in [6.45, 7) is 3.53. The molecule has 1 amide bonds. The Morgan fingerprint density at radius 3 is 1.67 bits per heavy atom. The number of hydrogen-bond acceptors (Lipinski definition) is 4. The number of aromatic carboxylic acids is 1. The van der Waals surface area contributed by atoms with Crippen LogP contribution in [0.2, 0.25) is 0 Å². The zero-order chi connectivity index (χ0) is 18.3. The predicted molar refractivity (Wildman–Crippen MR) is 90.9 cm³/mol. The van der Waals surface area contributed by atoms with E-state index >= 15 is 0 Å². The average molecular weight is 331 g/mol. The molecule has 2 aromatic rings. The van der Waals surface area contributed by atoms with E-state index in [1.165, 1.54) is 7.11 Å². The van der Waals surface area contributed by atoms with Crippen molar-refractivity contribution in [3.8, 4) is 11.5 Å². The Morgan fingerprint density at radius 1 is 0.875 bits per heavy atom. The number of carboxylic acids is 1. The summed E-state index contributed by atoms with van der Waals surface area (Å²) >= 11 is 0. The molecule has 0 spiro atoms. The van der Waals surface area contributed by atoms with Gasteiger partial charge in [0, 0.05) is 16.7 Å². The topological polar surface area (TPSA) is 98.8 Å². The smallest absolute Gasteiger partial charge is 0.336 e. The first-order chi connectivity index (χ1) is 11.3. The van der Waals surface area contributed by atoms with Gasteiger partial charge in [-0.3, -0.25) is 4.79 Å². The molecule has 0 saturated carbocycles. The van der Waals surface area contributed by atoms with Crippen LogP contribution in [0.25, 0.3) is 0 Å². The minimum Gasteiger partial charge on any atom is -0.496 e. The third-order valence-electron chi connectivity index (χ3n) is 3.50. The third kappa shape index (κ3) is 4.49. The molecule has 0 fully saturated rings. The molecule has 0 aliphatic rings. The highest BCUT2D eigenvalue weighted by atomic mass is 16.5. The van der Waals surface area contributed by atoms with E-state index in [0.29, 0.717) is 22.6 Å². The molecule has 2 aromatic carbocycles. The highest BCUT2D eigenvalue weighted by molar-refractivity contribution is 5.94. The van der Waals surface area contributed by atoms with Gasteiger partial charge in [0.25, 0.3) is 0 Å². The molecule has 6 heteroatoms. The van der Waals surface area contributed by atoms with Crippen molar-refractivity contribution in [2.45, 2.75) is 13.8 Å². The van der Waals surface area contributed by atoms with Crippen LogP contribution in [0, 0.1) is 13.8 Å². The van der Waals surface area contributed by atoms with Crippen LogP contribution in [0.5, 0.6) is 11.5 Å². The van der Waals surface area contributed by atoms with E-state index in [9.17, 15) is 9.59 Å². The van der Waals surface area contributed by atoms with E-state index in [4.69, 9.17) is 20.3 Å². The van der Waals surface area contributed by atoms with Crippen LogP contribution in [0.1, 0.15) is 31.8 Å². The summed E-state index contributed by atoms with van der Waals surface area (Å²) in [4.78, 5) is 21.5. The Bertz CT molecular complexity index is 677. The van der Waals surface area contributed by atoms with Crippen molar-refractivity contribution in [3.63, 3.8) is 0 Å². The van der Waals surface area contributed by atoms with Crippen molar-refractivity contribution >= 4 is 11.9 Å². The first-order valence-electron chi connectivity index (χ1n) is 7.13. The number of carbonyl (C=O) groups is 2. The van der Waals surface area contributed by atoms with Gasteiger partial charge in [-0.05, 0) is 38.1 Å². The summed E-state index contributed by atoms with van der Waals surface area (Å²) in [5.74, 6) is -0.0565. The Morgan fingerprint density at radius 2 is 1.29 bits per heavy atom. The number of rotatable bonds is 4. The fourth-order valence-corrected chi connectivity index (χ4v) is 2.17. The van der Waals surface area contributed by atoms with Gasteiger partial charge in [-0.15, -0.1) is 0 Å². The standard InChI is InChI=1S/C9H11NO2.C9H10O3/c2*1-6-7(9(10)11)4-3-5-8(6)12-2/h3-5H,1-2H3,(H2,10,11);3-5H,1-2H3,(H,10,11). The number of nitrogens with two attached hydrogens (primary N) is 1. The van der Waals surface area contributed by atoms with Crippen molar-refractivity contribution in [2.24, 2.45) is 5.73 Å². The number of benzene rings is 2. The van der Waals surface area contributed by atoms with E-state index < -0.39 is 11.9 Å². The van der Waals surface area contributed by atoms with E-state index in [0.717, 1.165) is 5.56 Å². The number of methoxy groups -OCH3 is 2. The lowest BCUT2D eigenvalue weighted by Crippen LogP contribution is -2.12. The highest BCUT2D eigenvalue weighted by Gasteiger charge is 2.09. The van der Waals surface area contributed by atoms with E-state index in [2.05, 4.69) is 0 Å². The van der Waals surface area contributed by atoms with Crippen LogP contribution in [0.4, 0.5) is 0 Å². The van der Waals surface area contributed by atoms with E-state index in [-0.39, 0.29) is 5.56 Å². The number of amides is 1. The predicted octanol–water partition coefficient (Wildman–Crippen LogP) is 2.80. The third-order valence-corrected chi connectivity index (χ3v) is 3.50. The van der Waals surface area contributed by atoms with Gasteiger partial charge >= 0.3 is 5.97 Å². The van der Waals surface area contributed by atoms with Gasteiger partial charge < -0.3 is 20.3 Å². The summed E-state index contributed by atoms with van der Waals surface area (Å²) in [5.41, 5.74) is 7.38. The SMILES string of the molecule is COc1cccc(C(=O)O)c1C.COc1cccc(C(N)=O)c1C. The number of hydrogen-bond donors (Lipinski definition) is 2. The Labute approximate surface area is 140 Å². The molecular weight excluding hydrogens is 310 g/mol. The van der Waals surface area contributed by atoms with Gasteiger partial charge in [0.05, 0.1) is 19.8 Å².